The van der Waals surface area contributed by atoms with Crippen molar-refractivity contribution in [1.29, 1.82) is 0 Å². The van der Waals surface area contributed by atoms with Crippen LogP contribution in [-0.4, -0.2) is 51.1 Å². The summed E-state index contributed by atoms with van der Waals surface area (Å²) in [4.78, 5) is 42.9. The van der Waals surface area contributed by atoms with E-state index in [2.05, 4.69) is 31.2 Å². The molecule has 1 aliphatic carbocycles. The van der Waals surface area contributed by atoms with Crippen LogP contribution in [0.3, 0.4) is 0 Å². The van der Waals surface area contributed by atoms with Crippen LogP contribution in [-0.2, 0) is 16.8 Å². The first-order chi connectivity index (χ1) is 16.7. The molecular weight excluding hydrogens is 444 g/mol. The lowest BCUT2D eigenvalue weighted by Gasteiger charge is -2.42. The SMILES string of the molecule is CCC(C)(CC)c1cc2n(n1)C(=O)C(C)(C(=O)NC1CCCC1)N(Cc1ccc(OC)cc1)C2=O. The predicted octanol–water partition coefficient (Wildman–Crippen LogP) is 4.08. The molecule has 1 unspecified atom stereocenters. The molecule has 1 aliphatic heterocycles. The van der Waals surface area contributed by atoms with Crippen LogP contribution in [0.2, 0.25) is 0 Å². The van der Waals surface area contributed by atoms with Crippen LogP contribution in [0.4, 0.5) is 0 Å². The van der Waals surface area contributed by atoms with Gasteiger partial charge in [-0.3, -0.25) is 14.4 Å². The van der Waals surface area contributed by atoms with Crippen molar-refractivity contribution in [2.45, 2.75) is 89.8 Å². The summed E-state index contributed by atoms with van der Waals surface area (Å²) in [5.41, 5.74) is -0.285. The van der Waals surface area contributed by atoms with Crippen LogP contribution in [0.15, 0.2) is 30.3 Å². The zero-order valence-electron chi connectivity index (χ0n) is 21.4. The molecule has 0 saturated heterocycles. The van der Waals surface area contributed by atoms with Gasteiger partial charge in [0.1, 0.15) is 11.4 Å². The van der Waals surface area contributed by atoms with Gasteiger partial charge in [-0.15, -0.1) is 0 Å². The lowest BCUT2D eigenvalue weighted by Crippen LogP contribution is -2.68. The van der Waals surface area contributed by atoms with E-state index in [0.717, 1.165) is 44.1 Å². The zero-order valence-corrected chi connectivity index (χ0v) is 21.4. The number of benzene rings is 1. The third-order valence-electron chi connectivity index (χ3n) is 8.13. The molecule has 35 heavy (non-hydrogen) atoms. The second kappa shape index (κ2) is 9.47. The molecule has 1 atom stereocenters. The molecule has 2 aliphatic rings. The molecule has 2 aromatic rings. The van der Waals surface area contributed by atoms with Gasteiger partial charge in [0.15, 0.2) is 0 Å². The van der Waals surface area contributed by atoms with Gasteiger partial charge in [0.25, 0.3) is 17.7 Å². The highest BCUT2D eigenvalue weighted by molar-refractivity contribution is 6.17. The van der Waals surface area contributed by atoms with Crippen molar-refractivity contribution in [1.82, 2.24) is 20.0 Å². The first-order valence-electron chi connectivity index (χ1n) is 12.6. The van der Waals surface area contributed by atoms with Crippen molar-refractivity contribution < 1.29 is 19.1 Å². The van der Waals surface area contributed by atoms with Crippen LogP contribution in [0.5, 0.6) is 5.75 Å². The van der Waals surface area contributed by atoms with Crippen molar-refractivity contribution in [3.63, 3.8) is 0 Å². The van der Waals surface area contributed by atoms with Crippen molar-refractivity contribution in [2.75, 3.05) is 7.11 Å². The molecule has 1 aromatic heterocycles. The van der Waals surface area contributed by atoms with Gasteiger partial charge < -0.3 is 15.0 Å². The summed E-state index contributed by atoms with van der Waals surface area (Å²) >= 11 is 0. The minimum atomic E-state index is -1.72. The van der Waals surface area contributed by atoms with E-state index in [1.54, 1.807) is 32.2 Å². The standard InChI is InChI=1S/C27H36N4O4/c1-6-26(3,7-2)22-16-21-23(32)30(17-18-12-14-20(35-5)15-13-18)27(4,25(34)31(21)29-22)24(33)28-19-10-8-9-11-19/h12-16,19H,6-11,17H2,1-5H3,(H,28,33). The molecule has 0 bridgehead atoms. The highest BCUT2D eigenvalue weighted by Gasteiger charge is 2.55. The topological polar surface area (TPSA) is 93.5 Å². The molecule has 0 spiro atoms. The van der Waals surface area contributed by atoms with Crippen molar-refractivity contribution >= 4 is 17.7 Å². The van der Waals surface area contributed by atoms with Crippen LogP contribution < -0.4 is 10.1 Å². The van der Waals surface area contributed by atoms with E-state index in [9.17, 15) is 14.4 Å². The number of carbonyl (C=O) groups is 3. The smallest absolute Gasteiger partial charge is 0.283 e. The Kier molecular flexibility index (Phi) is 6.75. The normalized spacial score (nSPS) is 20.8. The lowest BCUT2D eigenvalue weighted by molar-refractivity contribution is -0.130. The first-order valence-corrected chi connectivity index (χ1v) is 12.6. The molecule has 4 rings (SSSR count). The summed E-state index contributed by atoms with van der Waals surface area (Å²) in [5, 5.41) is 7.64. The Morgan fingerprint density at radius 2 is 1.80 bits per heavy atom. The average molecular weight is 481 g/mol. The fourth-order valence-electron chi connectivity index (χ4n) is 5.02. The number of amides is 2. The van der Waals surface area contributed by atoms with Gasteiger partial charge in [-0.1, -0.05) is 45.7 Å². The largest absolute Gasteiger partial charge is 0.497 e. The Morgan fingerprint density at radius 1 is 1.17 bits per heavy atom. The van der Waals surface area contributed by atoms with Crippen LogP contribution in [0.25, 0.3) is 0 Å². The number of hydrogen-bond acceptors (Lipinski definition) is 5. The molecule has 8 heteroatoms. The van der Waals surface area contributed by atoms with E-state index in [1.807, 2.05) is 12.1 Å². The molecule has 188 valence electrons. The van der Waals surface area contributed by atoms with Gasteiger partial charge in [-0.2, -0.15) is 9.78 Å². The summed E-state index contributed by atoms with van der Waals surface area (Å²) in [5.74, 6) is -0.639. The Bertz CT molecular complexity index is 1110. The van der Waals surface area contributed by atoms with E-state index in [0.29, 0.717) is 11.4 Å². The minimum absolute atomic E-state index is 0.0168. The van der Waals surface area contributed by atoms with Crippen LogP contribution in [0.1, 0.15) is 92.8 Å². The first kappa shape index (κ1) is 24.9. The number of aromatic nitrogens is 2. The maximum Gasteiger partial charge on any atom is 0.283 e. The summed E-state index contributed by atoms with van der Waals surface area (Å²) in [7, 11) is 1.59. The number of hydrogen-bond donors (Lipinski definition) is 1. The number of carbonyl (C=O) groups excluding carboxylic acids is 3. The molecular formula is C27H36N4O4. The molecule has 8 nitrogen and oxygen atoms in total. The van der Waals surface area contributed by atoms with Gasteiger partial charge in [-0.25, -0.2) is 0 Å². The number of nitrogens with zero attached hydrogens (tertiary/aromatic N) is 3. The van der Waals surface area contributed by atoms with Gasteiger partial charge >= 0.3 is 0 Å². The fourth-order valence-corrected chi connectivity index (χ4v) is 5.02. The average Bonchev–Trinajstić information content (AvgIpc) is 3.56. The van der Waals surface area contributed by atoms with Gasteiger partial charge in [-0.05, 0) is 56.4 Å². The van der Waals surface area contributed by atoms with E-state index >= 15 is 0 Å². The number of ether oxygens (including phenoxy) is 1. The Labute approximate surface area is 207 Å². The zero-order chi connectivity index (χ0) is 25.4. The highest BCUT2D eigenvalue weighted by atomic mass is 16.5. The second-order valence-corrected chi connectivity index (χ2v) is 10.2. The molecule has 1 aromatic carbocycles. The van der Waals surface area contributed by atoms with Crippen molar-refractivity contribution in [3.05, 3.63) is 47.3 Å². The predicted molar refractivity (Wildman–Crippen MR) is 132 cm³/mol. The summed E-state index contributed by atoms with van der Waals surface area (Å²) < 4.78 is 6.41. The number of nitrogens with one attached hydrogen (secondary N) is 1. The highest BCUT2D eigenvalue weighted by Crippen LogP contribution is 2.35. The minimum Gasteiger partial charge on any atom is -0.497 e. The Hall–Kier alpha value is -3.16. The third kappa shape index (κ3) is 4.23. The van der Waals surface area contributed by atoms with Crippen LogP contribution >= 0.6 is 0 Å². The summed E-state index contributed by atoms with van der Waals surface area (Å²) in [6.07, 6.45) is 5.48. The van der Waals surface area contributed by atoms with Gasteiger partial charge in [0.05, 0.1) is 12.8 Å². The Balaban J connectivity index is 1.78. The van der Waals surface area contributed by atoms with Gasteiger partial charge in [0.2, 0.25) is 5.54 Å². The van der Waals surface area contributed by atoms with Gasteiger partial charge in [0, 0.05) is 18.0 Å². The maximum atomic E-state index is 13.9. The van der Waals surface area contributed by atoms with E-state index < -0.39 is 17.4 Å². The monoisotopic (exact) mass is 480 g/mol. The molecule has 0 radical (unpaired) electrons. The summed E-state index contributed by atoms with van der Waals surface area (Å²) in [6.45, 7) is 7.88. The molecule has 1 saturated carbocycles. The number of rotatable bonds is 8. The molecule has 1 N–H and O–H groups in total. The van der Waals surface area contributed by atoms with Crippen molar-refractivity contribution in [3.8, 4) is 5.75 Å². The number of fused-ring (bicyclic) bond motifs is 1. The van der Waals surface area contributed by atoms with E-state index in [1.165, 1.54) is 9.58 Å². The third-order valence-corrected chi connectivity index (χ3v) is 8.13. The van der Waals surface area contributed by atoms with E-state index in [4.69, 9.17) is 4.74 Å². The quantitative estimate of drug-likeness (QED) is 0.575. The fraction of sp³-hybridized carbons (Fsp3) is 0.556. The van der Waals surface area contributed by atoms with Crippen molar-refractivity contribution in [2.24, 2.45) is 0 Å². The molecule has 2 heterocycles. The maximum absolute atomic E-state index is 13.9. The lowest BCUT2D eigenvalue weighted by atomic mass is 9.81. The molecule has 2 amide bonds. The second-order valence-electron chi connectivity index (χ2n) is 10.2. The number of methoxy groups -OCH3 is 1. The van der Waals surface area contributed by atoms with Crippen LogP contribution in [0, 0.1) is 0 Å². The summed E-state index contributed by atoms with van der Waals surface area (Å²) in [6, 6.07) is 9.03. The Morgan fingerprint density at radius 3 is 2.37 bits per heavy atom. The van der Waals surface area contributed by atoms with E-state index in [-0.39, 0.29) is 29.6 Å². The molecule has 1 fully saturated rings.